The van der Waals surface area contributed by atoms with Crippen molar-refractivity contribution >= 4 is 11.6 Å². The Morgan fingerprint density at radius 3 is 2.35 bits per heavy atom. The van der Waals surface area contributed by atoms with Gasteiger partial charge in [0.15, 0.2) is 11.5 Å². The first-order valence-corrected chi connectivity index (χ1v) is 9.90. The highest BCUT2D eigenvalue weighted by atomic mass is 35.5. The molecule has 0 bridgehead atoms. The zero-order chi connectivity index (χ0) is 18.3. The molecule has 1 saturated carbocycles. The molecule has 3 nitrogen and oxygen atoms in total. The van der Waals surface area contributed by atoms with Crippen LogP contribution in [0.3, 0.4) is 0 Å². The van der Waals surface area contributed by atoms with Crippen LogP contribution in [0.4, 0.5) is 0 Å². The van der Waals surface area contributed by atoms with E-state index in [1.54, 1.807) is 12.1 Å². The highest BCUT2D eigenvalue weighted by Crippen LogP contribution is 2.53. The van der Waals surface area contributed by atoms with Crippen molar-refractivity contribution < 1.29 is 10.2 Å². The maximum absolute atomic E-state index is 10.2. The molecule has 0 aromatic heterocycles. The standard InChI is InChI=1S/C22H26ClNO2/c1-24-12-9-15-13-19(25)20(26)14-18(15)21(24)22(10-3-2-4-11-22)16-5-7-17(23)8-6-16/h5-8,13-14,21,25-26H,2-4,9-12H2,1H3. The van der Waals surface area contributed by atoms with Crippen LogP contribution >= 0.6 is 11.6 Å². The van der Waals surface area contributed by atoms with Gasteiger partial charge in [-0.2, -0.15) is 0 Å². The Hall–Kier alpha value is -1.71. The lowest BCUT2D eigenvalue weighted by Gasteiger charge is -2.50. The number of rotatable bonds is 2. The predicted octanol–water partition coefficient (Wildman–Crippen LogP) is 5.18. The van der Waals surface area contributed by atoms with Crippen molar-refractivity contribution in [2.24, 2.45) is 0 Å². The highest BCUT2D eigenvalue weighted by Gasteiger charge is 2.46. The van der Waals surface area contributed by atoms with E-state index in [0.29, 0.717) is 0 Å². The molecule has 2 aliphatic rings. The SMILES string of the molecule is CN1CCc2cc(O)c(O)cc2C1C1(c2ccc(Cl)cc2)CCCCC1. The lowest BCUT2D eigenvalue weighted by atomic mass is 9.61. The second-order valence-corrected chi connectivity index (χ2v) is 8.33. The number of likely N-dealkylation sites (N-methyl/N-ethyl adjacent to an activating group) is 1. The van der Waals surface area contributed by atoms with E-state index in [9.17, 15) is 10.2 Å². The van der Waals surface area contributed by atoms with Crippen molar-refractivity contribution in [3.63, 3.8) is 0 Å². The topological polar surface area (TPSA) is 43.7 Å². The van der Waals surface area contributed by atoms with Gasteiger partial charge < -0.3 is 10.2 Å². The fourth-order valence-corrected chi connectivity index (χ4v) is 5.30. The zero-order valence-corrected chi connectivity index (χ0v) is 16.0. The minimum absolute atomic E-state index is 0.0101. The number of phenols is 2. The summed E-state index contributed by atoms with van der Waals surface area (Å²) in [5.41, 5.74) is 3.66. The average molecular weight is 372 g/mol. The van der Waals surface area contributed by atoms with Crippen molar-refractivity contribution in [2.45, 2.75) is 50.0 Å². The Bertz CT molecular complexity index is 797. The summed E-state index contributed by atoms with van der Waals surface area (Å²) in [7, 11) is 2.18. The Balaban J connectivity index is 1.89. The van der Waals surface area contributed by atoms with E-state index in [4.69, 9.17) is 11.6 Å². The maximum Gasteiger partial charge on any atom is 0.157 e. The molecule has 1 heterocycles. The molecule has 0 radical (unpaired) electrons. The van der Waals surface area contributed by atoms with E-state index in [1.807, 2.05) is 12.1 Å². The molecule has 4 rings (SSSR count). The van der Waals surface area contributed by atoms with Crippen LogP contribution in [-0.2, 0) is 11.8 Å². The number of phenolic OH excluding ortho intramolecular Hbond substituents is 2. The van der Waals surface area contributed by atoms with Gasteiger partial charge in [0.1, 0.15) is 0 Å². The van der Waals surface area contributed by atoms with E-state index in [-0.39, 0.29) is 23.0 Å². The van der Waals surface area contributed by atoms with Crippen LogP contribution in [-0.4, -0.2) is 28.7 Å². The third-order valence-electron chi connectivity index (χ3n) is 6.39. The van der Waals surface area contributed by atoms with E-state index in [0.717, 1.165) is 42.0 Å². The van der Waals surface area contributed by atoms with Crippen molar-refractivity contribution in [3.8, 4) is 11.5 Å². The molecule has 1 atom stereocenters. The molecule has 0 saturated heterocycles. The number of halogens is 1. The first kappa shape index (κ1) is 17.7. The van der Waals surface area contributed by atoms with Gasteiger partial charge in [0, 0.05) is 23.0 Å². The van der Waals surface area contributed by atoms with Crippen LogP contribution in [0.1, 0.15) is 54.8 Å². The third-order valence-corrected chi connectivity index (χ3v) is 6.65. The summed E-state index contributed by atoms with van der Waals surface area (Å²) in [5, 5.41) is 20.9. The van der Waals surface area contributed by atoms with Gasteiger partial charge >= 0.3 is 0 Å². The molecule has 1 aliphatic carbocycles. The van der Waals surface area contributed by atoms with Gasteiger partial charge in [-0.15, -0.1) is 0 Å². The number of hydrogen-bond donors (Lipinski definition) is 2. The number of aromatic hydroxyl groups is 2. The van der Waals surface area contributed by atoms with Gasteiger partial charge in [0.2, 0.25) is 0 Å². The summed E-state index contributed by atoms with van der Waals surface area (Å²) < 4.78 is 0. The number of benzene rings is 2. The molecule has 4 heteroatoms. The highest BCUT2D eigenvalue weighted by molar-refractivity contribution is 6.30. The minimum atomic E-state index is -0.0221. The summed E-state index contributed by atoms with van der Waals surface area (Å²) >= 11 is 6.16. The lowest BCUT2D eigenvalue weighted by molar-refractivity contribution is 0.0998. The quantitative estimate of drug-likeness (QED) is 0.714. The van der Waals surface area contributed by atoms with Crippen molar-refractivity contribution in [2.75, 3.05) is 13.6 Å². The average Bonchev–Trinajstić information content (AvgIpc) is 2.64. The van der Waals surface area contributed by atoms with E-state index < -0.39 is 0 Å². The first-order chi connectivity index (χ1) is 12.5. The zero-order valence-electron chi connectivity index (χ0n) is 15.2. The molecule has 138 valence electrons. The second kappa shape index (κ2) is 6.79. The van der Waals surface area contributed by atoms with Gasteiger partial charge in [-0.3, -0.25) is 4.90 Å². The Kier molecular flexibility index (Phi) is 4.62. The van der Waals surface area contributed by atoms with Crippen LogP contribution in [0.25, 0.3) is 0 Å². The summed E-state index contributed by atoms with van der Waals surface area (Å²) in [5.74, 6) is -0.0395. The molecule has 1 fully saturated rings. The van der Waals surface area contributed by atoms with Crippen LogP contribution in [0.2, 0.25) is 5.02 Å². The molecule has 2 aromatic rings. The Labute approximate surface area is 160 Å². The van der Waals surface area contributed by atoms with Crippen LogP contribution < -0.4 is 0 Å². The van der Waals surface area contributed by atoms with Crippen molar-refractivity contribution in [1.82, 2.24) is 4.90 Å². The molecule has 26 heavy (non-hydrogen) atoms. The molecule has 1 unspecified atom stereocenters. The first-order valence-electron chi connectivity index (χ1n) is 9.52. The monoisotopic (exact) mass is 371 g/mol. The fourth-order valence-electron chi connectivity index (χ4n) is 5.17. The number of fused-ring (bicyclic) bond motifs is 1. The van der Waals surface area contributed by atoms with Gasteiger partial charge in [-0.05, 0) is 67.3 Å². The molecule has 0 spiro atoms. The normalized spacial score (nSPS) is 22.8. The Morgan fingerprint density at radius 2 is 1.65 bits per heavy atom. The smallest absolute Gasteiger partial charge is 0.157 e. The predicted molar refractivity (Wildman–Crippen MR) is 105 cm³/mol. The van der Waals surface area contributed by atoms with Gasteiger partial charge in [-0.25, -0.2) is 0 Å². The molecule has 0 amide bonds. The van der Waals surface area contributed by atoms with Gasteiger partial charge in [0.25, 0.3) is 0 Å². The molecular weight excluding hydrogens is 346 g/mol. The van der Waals surface area contributed by atoms with Crippen LogP contribution in [0.5, 0.6) is 11.5 Å². The number of hydrogen-bond acceptors (Lipinski definition) is 3. The number of nitrogens with zero attached hydrogens (tertiary/aromatic N) is 1. The summed E-state index contributed by atoms with van der Waals surface area (Å²) in [4.78, 5) is 2.43. The van der Waals surface area contributed by atoms with Crippen molar-refractivity contribution in [1.29, 1.82) is 0 Å². The van der Waals surface area contributed by atoms with E-state index in [2.05, 4.69) is 24.1 Å². The Morgan fingerprint density at radius 1 is 1.00 bits per heavy atom. The van der Waals surface area contributed by atoms with Crippen LogP contribution in [0.15, 0.2) is 36.4 Å². The van der Waals surface area contributed by atoms with Crippen molar-refractivity contribution in [3.05, 3.63) is 58.1 Å². The molecule has 2 N–H and O–H groups in total. The fraction of sp³-hybridized carbons (Fsp3) is 0.455. The molecule has 2 aromatic carbocycles. The van der Waals surface area contributed by atoms with Crippen LogP contribution in [0, 0.1) is 0 Å². The molecular formula is C22H26ClNO2. The van der Waals surface area contributed by atoms with E-state index in [1.165, 1.54) is 24.8 Å². The van der Waals surface area contributed by atoms with E-state index >= 15 is 0 Å². The molecule has 1 aliphatic heterocycles. The summed E-state index contributed by atoms with van der Waals surface area (Å²) in [6.07, 6.45) is 6.86. The summed E-state index contributed by atoms with van der Waals surface area (Å²) in [6, 6.07) is 12.1. The maximum atomic E-state index is 10.2. The largest absolute Gasteiger partial charge is 0.504 e. The minimum Gasteiger partial charge on any atom is -0.504 e. The lowest BCUT2D eigenvalue weighted by Crippen LogP contribution is -2.47. The van der Waals surface area contributed by atoms with Gasteiger partial charge in [0.05, 0.1) is 0 Å². The summed E-state index contributed by atoms with van der Waals surface area (Å²) in [6.45, 7) is 0.956. The second-order valence-electron chi connectivity index (χ2n) is 7.90. The third kappa shape index (κ3) is 2.87. The van der Waals surface area contributed by atoms with Gasteiger partial charge in [-0.1, -0.05) is 43.0 Å².